The minimum Gasteiger partial charge on any atom is -0.289 e. The third-order valence-corrected chi connectivity index (χ3v) is 2.71. The summed E-state index contributed by atoms with van der Waals surface area (Å²) in [6.45, 7) is 0. The first-order chi connectivity index (χ1) is 9.70. The van der Waals surface area contributed by atoms with Gasteiger partial charge in [-0.25, -0.2) is 13.2 Å². The predicted octanol–water partition coefficient (Wildman–Crippen LogP) is 4.35. The lowest BCUT2D eigenvalue weighted by Gasteiger charge is -2.12. The summed E-state index contributed by atoms with van der Waals surface area (Å²) in [5.41, 5.74) is -2.82. The summed E-state index contributed by atoms with van der Waals surface area (Å²) < 4.78 is 77.3. The Morgan fingerprint density at radius 1 is 0.857 bits per heavy atom. The van der Waals surface area contributed by atoms with Crippen molar-refractivity contribution in [3.05, 3.63) is 70.5 Å². The van der Waals surface area contributed by atoms with Crippen LogP contribution in [0, 0.1) is 17.5 Å². The van der Waals surface area contributed by atoms with E-state index in [2.05, 4.69) is 0 Å². The van der Waals surface area contributed by atoms with Gasteiger partial charge in [-0.2, -0.15) is 13.2 Å². The molecule has 2 aromatic carbocycles. The Kier molecular flexibility index (Phi) is 3.76. The molecule has 0 amide bonds. The maximum absolute atomic E-state index is 13.1. The van der Waals surface area contributed by atoms with Crippen LogP contribution in [0.5, 0.6) is 0 Å². The number of benzene rings is 2. The molecule has 0 spiro atoms. The van der Waals surface area contributed by atoms with E-state index in [0.29, 0.717) is 30.3 Å². The van der Waals surface area contributed by atoms with E-state index in [4.69, 9.17) is 0 Å². The van der Waals surface area contributed by atoms with Crippen molar-refractivity contribution in [3.63, 3.8) is 0 Å². The van der Waals surface area contributed by atoms with Crippen molar-refractivity contribution in [2.24, 2.45) is 0 Å². The molecule has 0 aliphatic carbocycles. The molecule has 0 aromatic heterocycles. The Morgan fingerprint density at radius 3 is 2.10 bits per heavy atom. The van der Waals surface area contributed by atoms with Crippen LogP contribution in [0.25, 0.3) is 0 Å². The topological polar surface area (TPSA) is 17.1 Å². The second-order valence-electron chi connectivity index (χ2n) is 4.15. The molecule has 0 atom stereocenters. The van der Waals surface area contributed by atoms with Crippen molar-refractivity contribution in [2.75, 3.05) is 0 Å². The SMILES string of the molecule is O=C(c1ccc(F)c(F)c1)c1cc(F)ccc1C(F)(F)F. The summed E-state index contributed by atoms with van der Waals surface area (Å²) in [4.78, 5) is 12.0. The van der Waals surface area contributed by atoms with Gasteiger partial charge in [0.25, 0.3) is 0 Å². The molecule has 21 heavy (non-hydrogen) atoms. The van der Waals surface area contributed by atoms with Gasteiger partial charge in [-0.15, -0.1) is 0 Å². The maximum Gasteiger partial charge on any atom is 0.417 e. The average molecular weight is 304 g/mol. The zero-order valence-corrected chi connectivity index (χ0v) is 10.1. The van der Waals surface area contributed by atoms with Crippen molar-refractivity contribution >= 4 is 5.78 Å². The highest BCUT2D eigenvalue weighted by Gasteiger charge is 2.35. The molecule has 0 aliphatic heterocycles. The molecule has 0 unspecified atom stereocenters. The summed E-state index contributed by atoms with van der Waals surface area (Å²) in [5, 5.41) is 0. The predicted molar refractivity (Wildman–Crippen MR) is 61.2 cm³/mol. The quantitative estimate of drug-likeness (QED) is 0.595. The van der Waals surface area contributed by atoms with Crippen LogP contribution in [-0.4, -0.2) is 5.78 Å². The molecule has 2 rings (SSSR count). The summed E-state index contributed by atoms with van der Waals surface area (Å²) in [7, 11) is 0. The van der Waals surface area contributed by atoms with E-state index in [-0.39, 0.29) is 0 Å². The van der Waals surface area contributed by atoms with Crippen LogP contribution in [0.4, 0.5) is 26.3 Å². The summed E-state index contributed by atoms with van der Waals surface area (Å²) in [5.74, 6) is -4.93. The largest absolute Gasteiger partial charge is 0.417 e. The molecule has 0 aliphatic rings. The van der Waals surface area contributed by atoms with Crippen LogP contribution < -0.4 is 0 Å². The Balaban J connectivity index is 2.57. The van der Waals surface area contributed by atoms with Gasteiger partial charge >= 0.3 is 6.18 Å². The van der Waals surface area contributed by atoms with E-state index in [1.807, 2.05) is 0 Å². The van der Waals surface area contributed by atoms with Crippen molar-refractivity contribution in [1.82, 2.24) is 0 Å². The minimum absolute atomic E-state index is 0.409. The van der Waals surface area contributed by atoms with Crippen LogP contribution in [0.2, 0.25) is 0 Å². The molecule has 0 N–H and O–H groups in total. The van der Waals surface area contributed by atoms with Gasteiger partial charge < -0.3 is 0 Å². The Hall–Kier alpha value is -2.31. The third-order valence-electron chi connectivity index (χ3n) is 2.71. The van der Waals surface area contributed by atoms with Crippen LogP contribution in [0.3, 0.4) is 0 Å². The molecule has 110 valence electrons. The highest BCUT2D eigenvalue weighted by atomic mass is 19.4. The molecule has 0 heterocycles. The molecule has 7 heteroatoms. The molecule has 0 saturated heterocycles. The lowest BCUT2D eigenvalue weighted by atomic mass is 9.97. The van der Waals surface area contributed by atoms with Gasteiger partial charge in [-0.05, 0) is 36.4 Å². The Bertz CT molecular complexity index is 705. The lowest BCUT2D eigenvalue weighted by Crippen LogP contribution is -2.14. The molecular formula is C14H6F6O. The van der Waals surface area contributed by atoms with Crippen molar-refractivity contribution in [2.45, 2.75) is 6.18 Å². The molecule has 1 nitrogen and oxygen atoms in total. The van der Waals surface area contributed by atoms with Gasteiger partial charge in [0, 0.05) is 11.1 Å². The fourth-order valence-corrected chi connectivity index (χ4v) is 1.74. The second kappa shape index (κ2) is 5.23. The van der Waals surface area contributed by atoms with Crippen LogP contribution in [0.1, 0.15) is 21.5 Å². The zero-order chi connectivity index (χ0) is 15.8. The maximum atomic E-state index is 13.1. The van der Waals surface area contributed by atoms with Crippen LogP contribution in [-0.2, 0) is 6.18 Å². The van der Waals surface area contributed by atoms with Crippen LogP contribution >= 0.6 is 0 Å². The van der Waals surface area contributed by atoms with E-state index in [1.54, 1.807) is 0 Å². The fourth-order valence-electron chi connectivity index (χ4n) is 1.74. The van der Waals surface area contributed by atoms with Gasteiger partial charge in [0.05, 0.1) is 5.56 Å². The van der Waals surface area contributed by atoms with Gasteiger partial charge in [0.1, 0.15) is 5.82 Å². The highest BCUT2D eigenvalue weighted by molar-refractivity contribution is 6.10. The fraction of sp³-hybridized carbons (Fsp3) is 0.0714. The average Bonchev–Trinajstić information content (AvgIpc) is 2.39. The van der Waals surface area contributed by atoms with E-state index < -0.39 is 46.1 Å². The third kappa shape index (κ3) is 3.07. The van der Waals surface area contributed by atoms with Gasteiger partial charge in [-0.1, -0.05) is 0 Å². The first-order valence-electron chi connectivity index (χ1n) is 5.56. The summed E-state index contributed by atoms with van der Waals surface area (Å²) in [6, 6.07) is 3.28. The van der Waals surface area contributed by atoms with Crippen molar-refractivity contribution in [3.8, 4) is 0 Å². The number of hydrogen-bond acceptors (Lipinski definition) is 1. The number of carbonyl (C=O) groups excluding carboxylic acids is 1. The van der Waals surface area contributed by atoms with Crippen molar-refractivity contribution in [1.29, 1.82) is 0 Å². The summed E-state index contributed by atoms with van der Waals surface area (Å²) >= 11 is 0. The second-order valence-corrected chi connectivity index (χ2v) is 4.15. The molecule has 0 radical (unpaired) electrons. The first kappa shape index (κ1) is 15.1. The normalized spacial score (nSPS) is 11.5. The van der Waals surface area contributed by atoms with E-state index in [1.165, 1.54) is 0 Å². The van der Waals surface area contributed by atoms with Crippen LogP contribution in [0.15, 0.2) is 36.4 Å². The zero-order valence-electron chi connectivity index (χ0n) is 10.1. The van der Waals surface area contributed by atoms with Crippen molar-refractivity contribution < 1.29 is 31.1 Å². The monoisotopic (exact) mass is 304 g/mol. The highest BCUT2D eigenvalue weighted by Crippen LogP contribution is 2.33. The molecule has 0 bridgehead atoms. The van der Waals surface area contributed by atoms with Gasteiger partial charge in [0.2, 0.25) is 0 Å². The molecule has 2 aromatic rings. The smallest absolute Gasteiger partial charge is 0.289 e. The molecule has 0 fully saturated rings. The van der Waals surface area contributed by atoms with Gasteiger partial charge in [-0.3, -0.25) is 4.79 Å². The molecular weight excluding hydrogens is 298 g/mol. The van der Waals surface area contributed by atoms with E-state index in [0.717, 1.165) is 6.07 Å². The standard InChI is InChI=1S/C14H6F6O/c15-8-2-3-10(14(18,19)20)9(6-8)13(21)7-1-4-11(16)12(17)5-7/h1-6H. The minimum atomic E-state index is -4.88. The Morgan fingerprint density at radius 2 is 1.52 bits per heavy atom. The van der Waals surface area contributed by atoms with E-state index >= 15 is 0 Å². The van der Waals surface area contributed by atoms with E-state index in [9.17, 15) is 31.1 Å². The lowest BCUT2D eigenvalue weighted by molar-refractivity contribution is -0.137. The number of halogens is 6. The first-order valence-corrected chi connectivity index (χ1v) is 5.56. The number of carbonyl (C=O) groups is 1. The molecule has 0 saturated carbocycles. The number of alkyl halides is 3. The number of ketones is 1. The number of hydrogen-bond donors (Lipinski definition) is 0. The Labute approximate surface area is 114 Å². The van der Waals surface area contributed by atoms with Gasteiger partial charge in [0.15, 0.2) is 17.4 Å². The summed E-state index contributed by atoms with van der Waals surface area (Å²) in [6.07, 6.45) is -4.88. The number of rotatable bonds is 2.